The Hall–Kier alpha value is -2.73. The lowest BCUT2D eigenvalue weighted by Gasteiger charge is -2.39. The number of nitrogens with two attached hydrogens (primary N) is 1. The standard InChI is InChI=1S/C21H25N5O/c1-2-15(9-10-22)20-21(24-12-11-23-20)27-17-13-26(14-17)19-8-7-16-5-3-4-6-18(16)25-19/h3-8,11-12,15,17H,2,9-10,13-14,22H2,1H3. The molecule has 0 amide bonds. The summed E-state index contributed by atoms with van der Waals surface area (Å²) in [4.78, 5) is 15.9. The number of benzene rings is 1. The number of para-hydroxylation sites is 1. The molecule has 0 spiro atoms. The predicted molar refractivity (Wildman–Crippen MR) is 107 cm³/mol. The van der Waals surface area contributed by atoms with Gasteiger partial charge in [0.1, 0.15) is 17.6 Å². The Morgan fingerprint density at radius 3 is 2.78 bits per heavy atom. The third kappa shape index (κ3) is 3.71. The van der Waals surface area contributed by atoms with E-state index in [2.05, 4.69) is 40.0 Å². The van der Waals surface area contributed by atoms with Crippen LogP contribution in [0.25, 0.3) is 10.9 Å². The lowest BCUT2D eigenvalue weighted by molar-refractivity contribution is 0.156. The molecule has 2 aromatic heterocycles. The SMILES string of the molecule is CCC(CCN)c1nccnc1OC1CN(c2ccc3ccccc3n2)C1. The molecule has 1 unspecified atom stereocenters. The van der Waals surface area contributed by atoms with Crippen LogP contribution in [0.4, 0.5) is 5.82 Å². The van der Waals surface area contributed by atoms with Crippen LogP contribution in [0.2, 0.25) is 0 Å². The average molecular weight is 363 g/mol. The summed E-state index contributed by atoms with van der Waals surface area (Å²) in [6.45, 7) is 4.39. The minimum Gasteiger partial charge on any atom is -0.469 e. The van der Waals surface area contributed by atoms with Gasteiger partial charge in [0.2, 0.25) is 5.88 Å². The van der Waals surface area contributed by atoms with Gasteiger partial charge in [-0.05, 0) is 37.6 Å². The Morgan fingerprint density at radius 1 is 1.15 bits per heavy atom. The molecule has 3 heterocycles. The highest BCUT2D eigenvalue weighted by Gasteiger charge is 2.31. The van der Waals surface area contributed by atoms with E-state index in [1.165, 1.54) is 0 Å². The van der Waals surface area contributed by atoms with Crippen molar-refractivity contribution in [3.05, 3.63) is 54.5 Å². The predicted octanol–water partition coefficient (Wildman–Crippen LogP) is 3.13. The van der Waals surface area contributed by atoms with Crippen molar-refractivity contribution < 1.29 is 4.74 Å². The second-order valence-corrected chi connectivity index (χ2v) is 6.94. The number of pyridine rings is 1. The largest absolute Gasteiger partial charge is 0.469 e. The minimum atomic E-state index is 0.101. The molecule has 6 heteroatoms. The van der Waals surface area contributed by atoms with E-state index in [4.69, 9.17) is 15.5 Å². The third-order valence-electron chi connectivity index (χ3n) is 5.12. The van der Waals surface area contributed by atoms with E-state index >= 15 is 0 Å². The summed E-state index contributed by atoms with van der Waals surface area (Å²) in [6.07, 6.45) is 5.39. The Morgan fingerprint density at radius 2 is 1.96 bits per heavy atom. The van der Waals surface area contributed by atoms with E-state index in [-0.39, 0.29) is 12.0 Å². The molecule has 1 aliphatic rings. The molecular formula is C21H25N5O. The molecule has 1 saturated heterocycles. The van der Waals surface area contributed by atoms with Crippen molar-refractivity contribution in [1.29, 1.82) is 0 Å². The second kappa shape index (κ2) is 7.88. The van der Waals surface area contributed by atoms with Crippen molar-refractivity contribution in [1.82, 2.24) is 15.0 Å². The molecule has 1 fully saturated rings. The van der Waals surface area contributed by atoms with Gasteiger partial charge in [0, 0.05) is 23.7 Å². The molecule has 4 rings (SSSR count). The zero-order chi connectivity index (χ0) is 18.6. The first-order valence-corrected chi connectivity index (χ1v) is 9.57. The fraction of sp³-hybridized carbons (Fsp3) is 0.381. The average Bonchev–Trinajstić information content (AvgIpc) is 2.68. The maximum atomic E-state index is 6.17. The van der Waals surface area contributed by atoms with Crippen molar-refractivity contribution in [2.75, 3.05) is 24.5 Å². The summed E-state index contributed by atoms with van der Waals surface area (Å²) in [7, 11) is 0. The number of rotatable bonds is 7. The number of hydrogen-bond acceptors (Lipinski definition) is 6. The summed E-state index contributed by atoms with van der Waals surface area (Å²) in [6, 6.07) is 12.4. The Kier molecular flexibility index (Phi) is 5.16. The highest BCUT2D eigenvalue weighted by molar-refractivity contribution is 5.80. The lowest BCUT2D eigenvalue weighted by atomic mass is 9.98. The summed E-state index contributed by atoms with van der Waals surface area (Å²) < 4.78 is 6.17. The molecule has 1 atom stereocenters. The summed E-state index contributed by atoms with van der Waals surface area (Å²) in [5, 5.41) is 1.16. The molecular weight excluding hydrogens is 338 g/mol. The monoisotopic (exact) mass is 363 g/mol. The second-order valence-electron chi connectivity index (χ2n) is 6.94. The van der Waals surface area contributed by atoms with Gasteiger partial charge in [-0.15, -0.1) is 0 Å². The molecule has 0 bridgehead atoms. The van der Waals surface area contributed by atoms with E-state index in [1.807, 2.05) is 18.2 Å². The zero-order valence-corrected chi connectivity index (χ0v) is 15.6. The van der Waals surface area contributed by atoms with Crippen molar-refractivity contribution >= 4 is 16.7 Å². The number of aromatic nitrogens is 3. The molecule has 0 radical (unpaired) electrons. The Balaban J connectivity index is 1.43. The van der Waals surface area contributed by atoms with Gasteiger partial charge in [0.15, 0.2) is 0 Å². The van der Waals surface area contributed by atoms with Gasteiger partial charge in [-0.1, -0.05) is 25.1 Å². The number of hydrogen-bond donors (Lipinski definition) is 1. The number of fused-ring (bicyclic) bond motifs is 1. The maximum absolute atomic E-state index is 6.17. The van der Waals surface area contributed by atoms with Crippen LogP contribution in [0.3, 0.4) is 0 Å². The fourth-order valence-corrected chi connectivity index (χ4v) is 3.53. The lowest BCUT2D eigenvalue weighted by Crippen LogP contribution is -2.54. The van der Waals surface area contributed by atoms with Gasteiger partial charge in [0.05, 0.1) is 18.6 Å². The molecule has 27 heavy (non-hydrogen) atoms. The molecule has 1 aromatic carbocycles. The van der Waals surface area contributed by atoms with Gasteiger partial charge in [-0.25, -0.2) is 9.97 Å². The van der Waals surface area contributed by atoms with Crippen LogP contribution in [0.1, 0.15) is 31.4 Å². The van der Waals surface area contributed by atoms with Crippen LogP contribution in [0.5, 0.6) is 5.88 Å². The molecule has 140 valence electrons. The van der Waals surface area contributed by atoms with Gasteiger partial charge in [-0.3, -0.25) is 4.98 Å². The van der Waals surface area contributed by atoms with Crippen molar-refractivity contribution in [3.63, 3.8) is 0 Å². The van der Waals surface area contributed by atoms with Crippen LogP contribution in [0.15, 0.2) is 48.8 Å². The van der Waals surface area contributed by atoms with Crippen LogP contribution >= 0.6 is 0 Å². The Bertz CT molecular complexity index is 910. The van der Waals surface area contributed by atoms with Crippen molar-refractivity contribution in [2.24, 2.45) is 5.73 Å². The van der Waals surface area contributed by atoms with Gasteiger partial charge < -0.3 is 15.4 Å². The van der Waals surface area contributed by atoms with Crippen LogP contribution in [-0.2, 0) is 0 Å². The zero-order valence-electron chi connectivity index (χ0n) is 15.6. The van der Waals surface area contributed by atoms with Crippen LogP contribution in [-0.4, -0.2) is 40.7 Å². The van der Waals surface area contributed by atoms with E-state index in [0.29, 0.717) is 12.4 Å². The van der Waals surface area contributed by atoms with E-state index in [0.717, 1.165) is 48.3 Å². The summed E-state index contributed by atoms with van der Waals surface area (Å²) in [5.74, 6) is 1.92. The number of nitrogens with zero attached hydrogens (tertiary/aromatic N) is 4. The highest BCUT2D eigenvalue weighted by atomic mass is 16.5. The molecule has 3 aromatic rings. The van der Waals surface area contributed by atoms with Crippen molar-refractivity contribution in [3.8, 4) is 5.88 Å². The number of anilines is 1. The van der Waals surface area contributed by atoms with Gasteiger partial charge in [0.25, 0.3) is 0 Å². The number of ether oxygens (including phenoxy) is 1. The third-order valence-corrected chi connectivity index (χ3v) is 5.12. The maximum Gasteiger partial charge on any atom is 0.236 e. The summed E-state index contributed by atoms with van der Waals surface area (Å²) >= 11 is 0. The molecule has 2 N–H and O–H groups in total. The first-order valence-electron chi connectivity index (χ1n) is 9.57. The highest BCUT2D eigenvalue weighted by Crippen LogP contribution is 2.30. The summed E-state index contributed by atoms with van der Waals surface area (Å²) in [5.41, 5.74) is 7.69. The smallest absolute Gasteiger partial charge is 0.236 e. The Labute approximate surface area is 159 Å². The first kappa shape index (κ1) is 17.7. The minimum absolute atomic E-state index is 0.101. The van der Waals surface area contributed by atoms with Crippen LogP contribution in [0, 0.1) is 0 Å². The van der Waals surface area contributed by atoms with E-state index in [9.17, 15) is 0 Å². The molecule has 6 nitrogen and oxygen atoms in total. The molecule has 1 aliphatic heterocycles. The van der Waals surface area contributed by atoms with Gasteiger partial charge in [-0.2, -0.15) is 0 Å². The van der Waals surface area contributed by atoms with Gasteiger partial charge >= 0.3 is 0 Å². The fourth-order valence-electron chi connectivity index (χ4n) is 3.53. The normalized spacial score (nSPS) is 15.6. The quantitative estimate of drug-likeness (QED) is 0.695. The topological polar surface area (TPSA) is 77.2 Å². The van der Waals surface area contributed by atoms with E-state index in [1.54, 1.807) is 12.4 Å². The first-order chi connectivity index (χ1) is 13.3. The van der Waals surface area contributed by atoms with E-state index < -0.39 is 0 Å². The van der Waals surface area contributed by atoms with Crippen molar-refractivity contribution in [2.45, 2.75) is 31.8 Å². The molecule has 0 aliphatic carbocycles. The molecule has 0 saturated carbocycles. The van der Waals surface area contributed by atoms with Crippen LogP contribution < -0.4 is 15.4 Å².